The normalized spacial score (nSPS) is 14.9. The molecule has 0 spiro atoms. The number of para-hydroxylation sites is 1. The van der Waals surface area contributed by atoms with Crippen molar-refractivity contribution in [2.24, 2.45) is 0 Å². The zero-order valence-electron chi connectivity index (χ0n) is 15.5. The molecule has 0 bridgehead atoms. The molecule has 4 nitrogen and oxygen atoms in total. The minimum Gasteiger partial charge on any atom is -0.345 e. The second-order valence-corrected chi connectivity index (χ2v) is 8.08. The molecule has 3 aromatic rings. The summed E-state index contributed by atoms with van der Waals surface area (Å²) < 4.78 is 1.23. The zero-order chi connectivity index (χ0) is 18.3. The Balaban J connectivity index is 1.48. The third kappa shape index (κ3) is 3.19. The van der Waals surface area contributed by atoms with Crippen LogP contribution in [0.4, 0.5) is 5.13 Å². The summed E-state index contributed by atoms with van der Waals surface area (Å²) in [6.45, 7) is 9.31. The van der Waals surface area contributed by atoms with Gasteiger partial charge in [0.25, 0.3) is 5.91 Å². The Morgan fingerprint density at radius 2 is 1.69 bits per heavy atom. The van der Waals surface area contributed by atoms with Crippen LogP contribution in [0.15, 0.2) is 36.4 Å². The molecule has 0 radical (unpaired) electrons. The molecule has 134 valence electrons. The molecule has 4 rings (SSSR count). The average molecular weight is 366 g/mol. The van der Waals surface area contributed by atoms with Crippen LogP contribution in [0, 0.1) is 20.8 Å². The summed E-state index contributed by atoms with van der Waals surface area (Å²) in [6, 6.07) is 12.4. The van der Waals surface area contributed by atoms with E-state index in [1.807, 2.05) is 30.9 Å². The molecule has 0 saturated carbocycles. The molecule has 1 aromatic heterocycles. The lowest BCUT2D eigenvalue weighted by atomic mass is 10.1. The lowest BCUT2D eigenvalue weighted by Crippen LogP contribution is -2.48. The van der Waals surface area contributed by atoms with Crippen molar-refractivity contribution < 1.29 is 4.79 Å². The maximum absolute atomic E-state index is 12.8. The number of benzene rings is 2. The van der Waals surface area contributed by atoms with Crippen molar-refractivity contribution in [3.8, 4) is 0 Å². The third-order valence-corrected chi connectivity index (χ3v) is 6.00. The summed E-state index contributed by atoms with van der Waals surface area (Å²) >= 11 is 1.74. The fraction of sp³-hybridized carbons (Fsp3) is 0.333. The maximum Gasteiger partial charge on any atom is 0.253 e. The first-order valence-corrected chi connectivity index (χ1v) is 9.81. The second kappa shape index (κ2) is 6.72. The van der Waals surface area contributed by atoms with E-state index in [-0.39, 0.29) is 5.91 Å². The fourth-order valence-electron chi connectivity index (χ4n) is 3.59. The van der Waals surface area contributed by atoms with Gasteiger partial charge in [0.2, 0.25) is 0 Å². The molecule has 0 aliphatic carbocycles. The molecule has 1 amide bonds. The van der Waals surface area contributed by atoms with E-state index in [0.29, 0.717) is 0 Å². The van der Waals surface area contributed by atoms with Gasteiger partial charge < -0.3 is 9.80 Å². The number of aryl methyl sites for hydroxylation is 3. The standard InChI is InChI=1S/C21H23N3OS/c1-14-11-15(2)13-17(12-14)20(25)23-7-9-24(10-8-23)21-22-19-16(3)5-4-6-18(19)26-21/h4-6,11-13H,7-10H2,1-3H3. The minimum atomic E-state index is 0.136. The summed E-state index contributed by atoms with van der Waals surface area (Å²) in [5.41, 5.74) is 5.38. The monoisotopic (exact) mass is 365 g/mol. The first-order chi connectivity index (χ1) is 12.5. The van der Waals surface area contributed by atoms with Crippen LogP contribution >= 0.6 is 11.3 Å². The van der Waals surface area contributed by atoms with Crippen molar-refractivity contribution in [1.29, 1.82) is 0 Å². The van der Waals surface area contributed by atoms with Crippen LogP contribution in [0.1, 0.15) is 27.0 Å². The smallest absolute Gasteiger partial charge is 0.253 e. The Labute approximate surface area is 158 Å². The van der Waals surface area contributed by atoms with Gasteiger partial charge in [0.1, 0.15) is 0 Å². The van der Waals surface area contributed by atoms with E-state index in [2.05, 4.69) is 36.1 Å². The van der Waals surface area contributed by atoms with Crippen LogP contribution in [0.25, 0.3) is 10.2 Å². The summed E-state index contributed by atoms with van der Waals surface area (Å²) in [7, 11) is 0. The van der Waals surface area contributed by atoms with E-state index in [4.69, 9.17) is 4.98 Å². The molecule has 26 heavy (non-hydrogen) atoms. The number of nitrogens with zero attached hydrogens (tertiary/aromatic N) is 3. The van der Waals surface area contributed by atoms with Gasteiger partial charge in [-0.15, -0.1) is 0 Å². The van der Waals surface area contributed by atoms with Gasteiger partial charge in [-0.3, -0.25) is 4.79 Å². The van der Waals surface area contributed by atoms with Crippen LogP contribution in [0.3, 0.4) is 0 Å². The maximum atomic E-state index is 12.8. The average Bonchev–Trinajstić information content (AvgIpc) is 3.06. The van der Waals surface area contributed by atoms with Crippen LogP contribution in [-0.4, -0.2) is 42.0 Å². The van der Waals surface area contributed by atoms with Gasteiger partial charge in [-0.05, 0) is 44.5 Å². The molecule has 0 N–H and O–H groups in total. The SMILES string of the molecule is Cc1cc(C)cc(C(=O)N2CCN(c3nc4c(C)cccc4s3)CC2)c1. The molecule has 0 unspecified atom stereocenters. The van der Waals surface area contributed by atoms with Crippen molar-refractivity contribution in [3.63, 3.8) is 0 Å². The number of carbonyl (C=O) groups is 1. The van der Waals surface area contributed by atoms with E-state index in [1.54, 1.807) is 11.3 Å². The van der Waals surface area contributed by atoms with E-state index in [0.717, 1.165) is 53.5 Å². The van der Waals surface area contributed by atoms with Crippen molar-refractivity contribution in [2.75, 3.05) is 31.1 Å². The number of carbonyl (C=O) groups excluding carboxylic acids is 1. The highest BCUT2D eigenvalue weighted by Crippen LogP contribution is 2.31. The van der Waals surface area contributed by atoms with E-state index < -0.39 is 0 Å². The summed E-state index contributed by atoms with van der Waals surface area (Å²) in [5, 5.41) is 1.06. The van der Waals surface area contributed by atoms with E-state index in [9.17, 15) is 4.79 Å². The highest BCUT2D eigenvalue weighted by molar-refractivity contribution is 7.22. The molecule has 1 saturated heterocycles. The summed E-state index contributed by atoms with van der Waals surface area (Å²) in [5.74, 6) is 0.136. The van der Waals surface area contributed by atoms with Gasteiger partial charge in [-0.25, -0.2) is 4.98 Å². The predicted octanol–water partition coefficient (Wildman–Crippen LogP) is 4.18. The molecular formula is C21H23N3OS. The van der Waals surface area contributed by atoms with Gasteiger partial charge >= 0.3 is 0 Å². The number of piperazine rings is 1. The number of hydrogen-bond acceptors (Lipinski definition) is 4. The molecule has 0 atom stereocenters. The highest BCUT2D eigenvalue weighted by atomic mass is 32.1. The van der Waals surface area contributed by atoms with Gasteiger partial charge in [-0.2, -0.15) is 0 Å². The molecule has 2 heterocycles. The largest absolute Gasteiger partial charge is 0.345 e. The van der Waals surface area contributed by atoms with Crippen molar-refractivity contribution in [2.45, 2.75) is 20.8 Å². The summed E-state index contributed by atoms with van der Waals surface area (Å²) in [4.78, 5) is 21.9. The summed E-state index contributed by atoms with van der Waals surface area (Å²) in [6.07, 6.45) is 0. The molecule has 1 aliphatic heterocycles. The van der Waals surface area contributed by atoms with Crippen molar-refractivity contribution in [3.05, 3.63) is 58.7 Å². The number of anilines is 1. The minimum absolute atomic E-state index is 0.136. The first-order valence-electron chi connectivity index (χ1n) is 9.00. The number of amides is 1. The zero-order valence-corrected chi connectivity index (χ0v) is 16.3. The number of thiazole rings is 1. The quantitative estimate of drug-likeness (QED) is 0.683. The number of rotatable bonds is 2. The topological polar surface area (TPSA) is 36.4 Å². The van der Waals surface area contributed by atoms with Crippen LogP contribution in [0.5, 0.6) is 0 Å². The third-order valence-electron chi connectivity index (χ3n) is 4.92. The van der Waals surface area contributed by atoms with Gasteiger partial charge in [0, 0.05) is 31.7 Å². The van der Waals surface area contributed by atoms with Gasteiger partial charge in [0.05, 0.1) is 10.2 Å². The number of fused-ring (bicyclic) bond motifs is 1. The lowest BCUT2D eigenvalue weighted by Gasteiger charge is -2.34. The Morgan fingerprint density at radius 1 is 1.00 bits per heavy atom. The van der Waals surface area contributed by atoms with Crippen molar-refractivity contribution in [1.82, 2.24) is 9.88 Å². The van der Waals surface area contributed by atoms with Crippen molar-refractivity contribution >= 4 is 32.6 Å². The van der Waals surface area contributed by atoms with E-state index >= 15 is 0 Å². The molecule has 1 aliphatic rings. The number of aromatic nitrogens is 1. The molecule has 1 fully saturated rings. The van der Waals surface area contributed by atoms with Crippen LogP contribution in [-0.2, 0) is 0 Å². The second-order valence-electron chi connectivity index (χ2n) is 7.07. The number of hydrogen-bond donors (Lipinski definition) is 0. The Bertz CT molecular complexity index is 950. The van der Waals surface area contributed by atoms with Crippen LogP contribution < -0.4 is 4.90 Å². The lowest BCUT2D eigenvalue weighted by molar-refractivity contribution is 0.0746. The van der Waals surface area contributed by atoms with Crippen LogP contribution in [0.2, 0.25) is 0 Å². The molecular weight excluding hydrogens is 342 g/mol. The fourth-order valence-corrected chi connectivity index (χ4v) is 4.69. The Hall–Kier alpha value is -2.40. The molecule has 2 aromatic carbocycles. The Kier molecular flexibility index (Phi) is 4.41. The first kappa shape index (κ1) is 17.0. The van der Waals surface area contributed by atoms with E-state index in [1.165, 1.54) is 10.3 Å². The van der Waals surface area contributed by atoms with Gasteiger partial charge in [0.15, 0.2) is 5.13 Å². The van der Waals surface area contributed by atoms with Gasteiger partial charge in [-0.1, -0.05) is 40.7 Å². The molecule has 5 heteroatoms. The predicted molar refractivity (Wildman–Crippen MR) is 108 cm³/mol. The highest BCUT2D eigenvalue weighted by Gasteiger charge is 2.24. The Morgan fingerprint density at radius 3 is 2.35 bits per heavy atom.